The molecule has 2 aromatic carbocycles. The van der Waals surface area contributed by atoms with E-state index in [1.54, 1.807) is 48.0 Å². The third-order valence-corrected chi connectivity index (χ3v) is 4.65. The number of para-hydroxylation sites is 1. The summed E-state index contributed by atoms with van der Waals surface area (Å²) in [6.45, 7) is 2.03. The number of aromatic nitrogens is 4. The molecule has 0 radical (unpaired) electrons. The van der Waals surface area contributed by atoms with E-state index in [1.165, 1.54) is 18.2 Å². The minimum absolute atomic E-state index is 0.0292. The lowest BCUT2D eigenvalue weighted by molar-refractivity contribution is 0.100. The molecule has 150 valence electrons. The van der Waals surface area contributed by atoms with Crippen molar-refractivity contribution in [3.8, 4) is 0 Å². The maximum atomic E-state index is 13.4. The van der Waals surface area contributed by atoms with E-state index in [0.29, 0.717) is 28.7 Å². The monoisotopic (exact) mass is 404 g/mol. The molecule has 4 rings (SSSR count). The summed E-state index contributed by atoms with van der Waals surface area (Å²) in [5.41, 5.74) is 7.47. The van der Waals surface area contributed by atoms with Gasteiger partial charge < -0.3 is 11.1 Å². The van der Waals surface area contributed by atoms with Gasteiger partial charge in [0.25, 0.3) is 5.91 Å². The first-order valence-corrected chi connectivity index (χ1v) is 9.08. The minimum Gasteiger partial charge on any atom is -0.366 e. The van der Waals surface area contributed by atoms with Gasteiger partial charge in [0, 0.05) is 5.39 Å². The Morgan fingerprint density at radius 2 is 1.93 bits per heavy atom. The van der Waals surface area contributed by atoms with E-state index in [-0.39, 0.29) is 22.9 Å². The van der Waals surface area contributed by atoms with Gasteiger partial charge in [0.1, 0.15) is 11.5 Å². The van der Waals surface area contributed by atoms with Crippen LogP contribution in [0, 0.1) is 12.7 Å². The molecule has 0 saturated carbocycles. The van der Waals surface area contributed by atoms with E-state index < -0.39 is 11.8 Å². The Labute approximate surface area is 170 Å². The van der Waals surface area contributed by atoms with Crippen LogP contribution in [0.15, 0.2) is 54.6 Å². The normalized spacial score (nSPS) is 10.9. The fraction of sp³-hybridized carbons (Fsp3) is 0.0952. The molecule has 0 atom stereocenters. The van der Waals surface area contributed by atoms with Gasteiger partial charge in [0.05, 0.1) is 23.3 Å². The Balaban J connectivity index is 1.60. The number of pyridine rings is 1. The number of nitrogens with one attached hydrogen (secondary N) is 1. The molecule has 3 N–H and O–H groups in total. The van der Waals surface area contributed by atoms with Gasteiger partial charge in [-0.05, 0) is 36.8 Å². The average Bonchev–Trinajstić information content (AvgIpc) is 3.06. The third kappa shape index (κ3) is 3.72. The van der Waals surface area contributed by atoms with Crippen molar-refractivity contribution in [3.05, 3.63) is 82.9 Å². The SMILES string of the molecule is Cc1c(NC(=O)c2cc(C(N)=O)c3ccccc3n2)nnn1Cc1cccc(F)c1. The predicted octanol–water partition coefficient (Wildman–Crippen LogP) is 2.67. The van der Waals surface area contributed by atoms with Crippen molar-refractivity contribution in [3.63, 3.8) is 0 Å². The summed E-state index contributed by atoms with van der Waals surface area (Å²) in [6, 6.07) is 14.4. The summed E-state index contributed by atoms with van der Waals surface area (Å²) < 4.78 is 14.9. The van der Waals surface area contributed by atoms with E-state index in [9.17, 15) is 14.0 Å². The highest BCUT2D eigenvalue weighted by Gasteiger charge is 2.18. The number of amides is 2. The zero-order valence-corrected chi connectivity index (χ0v) is 16.0. The molecule has 8 nitrogen and oxygen atoms in total. The number of carbonyl (C=O) groups excluding carboxylic acids is 2. The van der Waals surface area contributed by atoms with Crippen molar-refractivity contribution in [2.45, 2.75) is 13.5 Å². The number of rotatable bonds is 5. The summed E-state index contributed by atoms with van der Waals surface area (Å²) in [6.07, 6.45) is 0. The number of anilines is 1. The van der Waals surface area contributed by atoms with Gasteiger partial charge in [0.15, 0.2) is 5.82 Å². The molecule has 0 fully saturated rings. The molecule has 0 saturated heterocycles. The first kappa shape index (κ1) is 19.2. The lowest BCUT2D eigenvalue weighted by atomic mass is 10.1. The molecule has 0 aliphatic carbocycles. The van der Waals surface area contributed by atoms with Crippen LogP contribution in [0.3, 0.4) is 0 Å². The number of fused-ring (bicyclic) bond motifs is 1. The Morgan fingerprint density at radius 3 is 2.70 bits per heavy atom. The number of halogens is 1. The van der Waals surface area contributed by atoms with E-state index in [1.807, 2.05) is 0 Å². The molecule has 0 unspecified atom stereocenters. The lowest BCUT2D eigenvalue weighted by Crippen LogP contribution is -2.18. The van der Waals surface area contributed by atoms with Gasteiger partial charge in [-0.2, -0.15) is 0 Å². The second-order valence-corrected chi connectivity index (χ2v) is 6.70. The van der Waals surface area contributed by atoms with Crippen molar-refractivity contribution >= 4 is 28.5 Å². The number of hydrogen-bond acceptors (Lipinski definition) is 5. The number of nitrogens with zero attached hydrogens (tertiary/aromatic N) is 4. The highest BCUT2D eigenvalue weighted by atomic mass is 19.1. The van der Waals surface area contributed by atoms with Crippen molar-refractivity contribution in [1.29, 1.82) is 0 Å². The molecule has 9 heteroatoms. The predicted molar refractivity (Wildman–Crippen MR) is 108 cm³/mol. The first-order chi connectivity index (χ1) is 14.4. The molecular weight excluding hydrogens is 387 g/mol. The van der Waals surface area contributed by atoms with Crippen molar-refractivity contribution in [2.24, 2.45) is 5.73 Å². The summed E-state index contributed by atoms with van der Waals surface area (Å²) in [5, 5.41) is 11.2. The summed E-state index contributed by atoms with van der Waals surface area (Å²) >= 11 is 0. The fourth-order valence-electron chi connectivity index (χ4n) is 3.10. The zero-order chi connectivity index (χ0) is 21.3. The van der Waals surface area contributed by atoms with Gasteiger partial charge in [-0.3, -0.25) is 9.59 Å². The maximum absolute atomic E-state index is 13.4. The molecule has 4 aromatic rings. The first-order valence-electron chi connectivity index (χ1n) is 9.08. The standard InChI is InChI=1S/C21H17FN6O2/c1-12-20(26-27-28(12)11-13-5-4-6-14(22)9-13)25-21(30)18-10-16(19(23)29)15-7-2-3-8-17(15)24-18/h2-10H,11H2,1H3,(H2,23,29)(H,25,30). The molecule has 0 aliphatic rings. The molecule has 2 aromatic heterocycles. The van der Waals surface area contributed by atoms with Gasteiger partial charge in [0.2, 0.25) is 5.91 Å². The Kier molecular flexibility index (Phi) is 4.93. The van der Waals surface area contributed by atoms with Gasteiger partial charge in [-0.1, -0.05) is 35.5 Å². The van der Waals surface area contributed by atoms with Crippen LogP contribution in [0.5, 0.6) is 0 Å². The molecule has 30 heavy (non-hydrogen) atoms. The van der Waals surface area contributed by atoms with Crippen LogP contribution in [-0.2, 0) is 6.54 Å². The van der Waals surface area contributed by atoms with Crippen LogP contribution in [0.1, 0.15) is 32.1 Å². The van der Waals surface area contributed by atoms with Crippen LogP contribution >= 0.6 is 0 Å². The van der Waals surface area contributed by atoms with Crippen LogP contribution in [0.25, 0.3) is 10.9 Å². The number of nitrogens with two attached hydrogens (primary N) is 1. The lowest BCUT2D eigenvalue weighted by Gasteiger charge is -2.08. The van der Waals surface area contributed by atoms with Gasteiger partial charge in [-0.25, -0.2) is 14.1 Å². The van der Waals surface area contributed by atoms with E-state index in [2.05, 4.69) is 20.6 Å². The molecule has 2 heterocycles. The molecular formula is C21H17FN6O2. The molecule has 0 spiro atoms. The van der Waals surface area contributed by atoms with Gasteiger partial charge >= 0.3 is 0 Å². The summed E-state index contributed by atoms with van der Waals surface area (Å²) in [5.74, 6) is -1.30. The fourth-order valence-corrected chi connectivity index (χ4v) is 3.10. The third-order valence-electron chi connectivity index (χ3n) is 4.65. The van der Waals surface area contributed by atoms with Crippen LogP contribution in [-0.4, -0.2) is 31.8 Å². The second-order valence-electron chi connectivity index (χ2n) is 6.70. The van der Waals surface area contributed by atoms with Crippen LogP contribution in [0.4, 0.5) is 10.2 Å². The summed E-state index contributed by atoms with van der Waals surface area (Å²) in [7, 11) is 0. The molecule has 0 aliphatic heterocycles. The van der Waals surface area contributed by atoms with Crippen molar-refractivity contribution in [2.75, 3.05) is 5.32 Å². The minimum atomic E-state index is -0.653. The van der Waals surface area contributed by atoms with Crippen molar-refractivity contribution in [1.82, 2.24) is 20.0 Å². The Hall–Kier alpha value is -4.14. The van der Waals surface area contributed by atoms with E-state index in [4.69, 9.17) is 5.73 Å². The maximum Gasteiger partial charge on any atom is 0.275 e. The molecule has 2 amide bonds. The second kappa shape index (κ2) is 7.70. The van der Waals surface area contributed by atoms with Crippen LogP contribution < -0.4 is 11.1 Å². The highest BCUT2D eigenvalue weighted by Crippen LogP contribution is 2.19. The largest absolute Gasteiger partial charge is 0.366 e. The summed E-state index contributed by atoms with van der Waals surface area (Å²) in [4.78, 5) is 28.9. The van der Waals surface area contributed by atoms with Crippen molar-refractivity contribution < 1.29 is 14.0 Å². The highest BCUT2D eigenvalue weighted by molar-refractivity contribution is 6.10. The van der Waals surface area contributed by atoms with Crippen LogP contribution in [0.2, 0.25) is 0 Å². The smallest absolute Gasteiger partial charge is 0.275 e. The number of primary amides is 1. The molecule has 0 bridgehead atoms. The zero-order valence-electron chi connectivity index (χ0n) is 16.0. The number of hydrogen-bond donors (Lipinski definition) is 2. The van der Waals surface area contributed by atoms with E-state index >= 15 is 0 Å². The van der Waals surface area contributed by atoms with E-state index in [0.717, 1.165) is 0 Å². The Morgan fingerprint density at radius 1 is 1.13 bits per heavy atom. The number of carbonyl (C=O) groups is 2. The Bertz CT molecular complexity index is 1280. The average molecular weight is 404 g/mol. The number of benzene rings is 2. The quantitative estimate of drug-likeness (QED) is 0.531. The van der Waals surface area contributed by atoms with Gasteiger partial charge in [-0.15, -0.1) is 5.10 Å². The topological polar surface area (TPSA) is 116 Å².